The zero-order chi connectivity index (χ0) is 14.5. The van der Waals surface area contributed by atoms with Crippen molar-refractivity contribution in [2.75, 3.05) is 0 Å². The van der Waals surface area contributed by atoms with E-state index in [4.69, 9.17) is 0 Å². The van der Waals surface area contributed by atoms with Gasteiger partial charge in [0.05, 0.1) is 0 Å². The van der Waals surface area contributed by atoms with Crippen molar-refractivity contribution in [1.82, 2.24) is 4.90 Å². The Kier molecular flexibility index (Phi) is 6.86. The fraction of sp³-hybridized carbons (Fsp3) is 1.00. The smallest absolute Gasteiger partial charge is 0.0149 e. The molecule has 1 aliphatic heterocycles. The number of rotatable bonds is 7. The maximum Gasteiger partial charge on any atom is 0.0149 e. The number of hydrogen-bond donors (Lipinski definition) is 0. The van der Waals surface area contributed by atoms with E-state index in [2.05, 4.69) is 46.4 Å². The van der Waals surface area contributed by atoms with Gasteiger partial charge in [-0.15, -0.1) is 0 Å². The summed E-state index contributed by atoms with van der Waals surface area (Å²) in [5.74, 6) is 0. The molecule has 0 N–H and O–H groups in total. The Labute approximate surface area is 122 Å². The van der Waals surface area contributed by atoms with E-state index in [9.17, 15) is 0 Å². The van der Waals surface area contributed by atoms with Crippen molar-refractivity contribution in [3.8, 4) is 0 Å². The molecule has 0 aromatic heterocycles. The van der Waals surface area contributed by atoms with Gasteiger partial charge >= 0.3 is 0 Å². The average molecular weight is 268 g/mol. The second-order valence-electron chi connectivity index (χ2n) is 7.81. The molecule has 3 unspecified atom stereocenters. The van der Waals surface area contributed by atoms with E-state index in [-0.39, 0.29) is 0 Å². The number of likely N-dealkylation sites (tertiary alicyclic amines) is 1. The Bertz CT molecular complexity index is 231. The number of hydrogen-bond acceptors (Lipinski definition) is 1. The number of unbranched alkanes of at least 4 members (excludes halogenated alkanes) is 4. The molecule has 0 aromatic carbocycles. The molecule has 0 aromatic rings. The summed E-state index contributed by atoms with van der Waals surface area (Å²) >= 11 is 0. The minimum atomic E-state index is 0.414. The molecule has 1 nitrogen and oxygen atoms in total. The van der Waals surface area contributed by atoms with Gasteiger partial charge in [0.15, 0.2) is 0 Å². The van der Waals surface area contributed by atoms with Crippen LogP contribution >= 0.6 is 0 Å². The van der Waals surface area contributed by atoms with Gasteiger partial charge in [-0.05, 0) is 38.5 Å². The molecule has 1 heteroatoms. The fourth-order valence-corrected chi connectivity index (χ4v) is 3.80. The standard InChI is InChI=1S/C18H37N/c1-7-8-9-10-11-12-17(18(4,5)6)19-15(2)13-14-16(19)3/h15-17H,7-14H2,1-6H3. The lowest BCUT2D eigenvalue weighted by Gasteiger charge is -2.43. The first-order valence-electron chi connectivity index (χ1n) is 8.65. The van der Waals surface area contributed by atoms with Crippen molar-refractivity contribution in [3.63, 3.8) is 0 Å². The molecule has 0 amide bonds. The first-order chi connectivity index (χ1) is 8.88. The summed E-state index contributed by atoms with van der Waals surface area (Å²) < 4.78 is 0. The third-order valence-electron chi connectivity index (χ3n) is 4.96. The SMILES string of the molecule is CCCCCCCC(N1C(C)CCC1C)C(C)(C)C. The van der Waals surface area contributed by atoms with E-state index in [1.165, 1.54) is 51.4 Å². The van der Waals surface area contributed by atoms with Crippen LogP contribution in [0.5, 0.6) is 0 Å². The highest BCUT2D eigenvalue weighted by molar-refractivity contribution is 4.92. The lowest BCUT2D eigenvalue weighted by Crippen LogP contribution is -2.48. The fourth-order valence-electron chi connectivity index (χ4n) is 3.80. The minimum Gasteiger partial charge on any atom is -0.295 e. The largest absolute Gasteiger partial charge is 0.295 e. The van der Waals surface area contributed by atoms with E-state index < -0.39 is 0 Å². The first-order valence-corrected chi connectivity index (χ1v) is 8.65. The van der Waals surface area contributed by atoms with Crippen molar-refractivity contribution < 1.29 is 0 Å². The average Bonchev–Trinajstić information content (AvgIpc) is 2.63. The van der Waals surface area contributed by atoms with E-state index in [0.29, 0.717) is 5.41 Å². The maximum absolute atomic E-state index is 2.83. The van der Waals surface area contributed by atoms with Crippen LogP contribution < -0.4 is 0 Å². The van der Waals surface area contributed by atoms with Gasteiger partial charge in [-0.2, -0.15) is 0 Å². The van der Waals surface area contributed by atoms with Gasteiger partial charge in [0, 0.05) is 18.1 Å². The Morgan fingerprint density at radius 2 is 1.47 bits per heavy atom. The van der Waals surface area contributed by atoms with Crippen LogP contribution in [0.2, 0.25) is 0 Å². The topological polar surface area (TPSA) is 3.24 Å². The monoisotopic (exact) mass is 267 g/mol. The molecular weight excluding hydrogens is 230 g/mol. The molecule has 3 atom stereocenters. The Balaban J connectivity index is 2.53. The van der Waals surface area contributed by atoms with E-state index in [1.807, 2.05) is 0 Å². The quantitative estimate of drug-likeness (QED) is 0.540. The normalized spacial score (nSPS) is 26.8. The van der Waals surface area contributed by atoms with Crippen molar-refractivity contribution in [2.24, 2.45) is 5.41 Å². The third-order valence-corrected chi connectivity index (χ3v) is 4.96. The predicted molar refractivity (Wildman–Crippen MR) is 86.6 cm³/mol. The molecule has 19 heavy (non-hydrogen) atoms. The van der Waals surface area contributed by atoms with Crippen LogP contribution in [0.25, 0.3) is 0 Å². The van der Waals surface area contributed by atoms with Crippen molar-refractivity contribution in [3.05, 3.63) is 0 Å². The minimum absolute atomic E-state index is 0.414. The summed E-state index contributed by atoms with van der Waals surface area (Å²) in [7, 11) is 0. The zero-order valence-electron chi connectivity index (χ0n) is 14.3. The molecular formula is C18H37N. The highest BCUT2D eigenvalue weighted by atomic mass is 15.2. The predicted octanol–water partition coefficient (Wildman–Crippen LogP) is 5.63. The third kappa shape index (κ3) is 5.10. The molecule has 0 saturated carbocycles. The summed E-state index contributed by atoms with van der Waals surface area (Å²) in [5, 5.41) is 0. The van der Waals surface area contributed by atoms with Gasteiger partial charge in [0.2, 0.25) is 0 Å². The Morgan fingerprint density at radius 3 is 1.95 bits per heavy atom. The van der Waals surface area contributed by atoms with E-state index in [0.717, 1.165) is 18.1 Å². The summed E-state index contributed by atoms with van der Waals surface area (Å²) in [6.45, 7) is 14.5. The van der Waals surface area contributed by atoms with Crippen LogP contribution in [0.1, 0.15) is 92.9 Å². The highest BCUT2D eigenvalue weighted by Crippen LogP contribution is 2.36. The summed E-state index contributed by atoms with van der Waals surface area (Å²) in [5.41, 5.74) is 0.414. The lowest BCUT2D eigenvalue weighted by atomic mass is 9.81. The maximum atomic E-state index is 2.83. The lowest BCUT2D eigenvalue weighted by molar-refractivity contribution is 0.0555. The molecule has 1 rings (SSSR count). The van der Waals surface area contributed by atoms with Crippen LogP contribution in [0.4, 0.5) is 0 Å². The van der Waals surface area contributed by atoms with Crippen LogP contribution in [-0.2, 0) is 0 Å². The molecule has 114 valence electrons. The second kappa shape index (κ2) is 7.67. The van der Waals surface area contributed by atoms with Gasteiger partial charge in [0.25, 0.3) is 0 Å². The van der Waals surface area contributed by atoms with Crippen LogP contribution in [0.15, 0.2) is 0 Å². The molecule has 1 heterocycles. The number of nitrogens with zero attached hydrogens (tertiary/aromatic N) is 1. The summed E-state index contributed by atoms with van der Waals surface area (Å²) in [6.07, 6.45) is 11.2. The van der Waals surface area contributed by atoms with Gasteiger partial charge < -0.3 is 0 Å². The molecule has 0 bridgehead atoms. The first kappa shape index (κ1) is 17.0. The van der Waals surface area contributed by atoms with Crippen molar-refractivity contribution >= 4 is 0 Å². The molecule has 0 spiro atoms. The zero-order valence-corrected chi connectivity index (χ0v) is 14.3. The summed E-state index contributed by atoms with van der Waals surface area (Å²) in [6, 6.07) is 2.34. The van der Waals surface area contributed by atoms with Crippen LogP contribution in [-0.4, -0.2) is 23.0 Å². The van der Waals surface area contributed by atoms with Gasteiger partial charge in [0.1, 0.15) is 0 Å². The Hall–Kier alpha value is -0.0400. The van der Waals surface area contributed by atoms with Gasteiger partial charge in [-0.25, -0.2) is 0 Å². The summed E-state index contributed by atoms with van der Waals surface area (Å²) in [4.78, 5) is 2.83. The van der Waals surface area contributed by atoms with Crippen molar-refractivity contribution in [1.29, 1.82) is 0 Å². The van der Waals surface area contributed by atoms with E-state index >= 15 is 0 Å². The molecule has 0 aliphatic carbocycles. The van der Waals surface area contributed by atoms with Gasteiger partial charge in [-0.1, -0.05) is 59.8 Å². The Morgan fingerprint density at radius 1 is 0.947 bits per heavy atom. The van der Waals surface area contributed by atoms with E-state index in [1.54, 1.807) is 0 Å². The molecule has 1 fully saturated rings. The second-order valence-corrected chi connectivity index (χ2v) is 7.81. The van der Waals surface area contributed by atoms with Crippen LogP contribution in [0, 0.1) is 5.41 Å². The highest BCUT2D eigenvalue weighted by Gasteiger charge is 2.38. The van der Waals surface area contributed by atoms with Crippen molar-refractivity contribution in [2.45, 2.75) is 111 Å². The molecule has 0 radical (unpaired) electrons. The van der Waals surface area contributed by atoms with Gasteiger partial charge in [-0.3, -0.25) is 4.90 Å². The molecule has 1 saturated heterocycles. The molecule has 1 aliphatic rings. The van der Waals surface area contributed by atoms with Crippen LogP contribution in [0.3, 0.4) is 0 Å².